The molecular formula is C20H22FN3O2S. The molecule has 3 aromatic rings. The van der Waals surface area contributed by atoms with Gasteiger partial charge in [-0.3, -0.25) is 0 Å². The second-order valence-corrected chi connectivity index (χ2v) is 9.15. The molecule has 5 nitrogen and oxygen atoms in total. The summed E-state index contributed by atoms with van der Waals surface area (Å²) in [4.78, 5) is 3.35. The van der Waals surface area contributed by atoms with Crippen LogP contribution in [-0.4, -0.2) is 42.9 Å². The van der Waals surface area contributed by atoms with E-state index in [1.807, 2.05) is 20.0 Å². The third kappa shape index (κ3) is 3.38. The maximum absolute atomic E-state index is 13.4. The van der Waals surface area contributed by atoms with Crippen molar-refractivity contribution in [2.24, 2.45) is 0 Å². The lowest BCUT2D eigenvalue weighted by Gasteiger charge is -2.35. The van der Waals surface area contributed by atoms with Crippen molar-refractivity contribution in [1.29, 1.82) is 0 Å². The van der Waals surface area contributed by atoms with E-state index in [-0.39, 0.29) is 17.9 Å². The lowest BCUT2D eigenvalue weighted by molar-refractivity contribution is 0.263. The maximum Gasteiger partial charge on any atom is 0.243 e. The Labute approximate surface area is 158 Å². The Hall–Kier alpha value is -2.22. The van der Waals surface area contributed by atoms with Crippen LogP contribution in [0.5, 0.6) is 0 Å². The molecule has 0 radical (unpaired) electrons. The molecule has 0 unspecified atom stereocenters. The smallest absolute Gasteiger partial charge is 0.243 e. The largest absolute Gasteiger partial charge is 0.360 e. The third-order valence-corrected chi connectivity index (χ3v) is 6.82. The van der Waals surface area contributed by atoms with Gasteiger partial charge in [0.25, 0.3) is 0 Å². The molecule has 7 heteroatoms. The summed E-state index contributed by atoms with van der Waals surface area (Å²) in [5, 5.41) is 4.24. The van der Waals surface area contributed by atoms with Gasteiger partial charge >= 0.3 is 0 Å². The first-order chi connectivity index (χ1) is 12.8. The summed E-state index contributed by atoms with van der Waals surface area (Å²) < 4.78 is 40.9. The topological polar surface area (TPSA) is 65.2 Å². The first-order valence-electron chi connectivity index (χ1n) is 8.98. The van der Waals surface area contributed by atoms with Crippen LogP contribution in [-0.2, 0) is 10.0 Å². The number of aromatic nitrogens is 1. The zero-order valence-corrected chi connectivity index (χ0v) is 16.1. The first-order valence-corrected chi connectivity index (χ1v) is 10.4. The van der Waals surface area contributed by atoms with Crippen LogP contribution in [0, 0.1) is 5.82 Å². The molecule has 0 aliphatic carbocycles. The quantitative estimate of drug-likeness (QED) is 0.724. The van der Waals surface area contributed by atoms with Crippen molar-refractivity contribution in [3.63, 3.8) is 0 Å². The van der Waals surface area contributed by atoms with E-state index in [1.165, 1.54) is 12.1 Å². The molecule has 1 aromatic heterocycles. The normalized spacial score (nSPS) is 21.6. The summed E-state index contributed by atoms with van der Waals surface area (Å²) >= 11 is 0. The Morgan fingerprint density at radius 1 is 1.04 bits per heavy atom. The van der Waals surface area contributed by atoms with Gasteiger partial charge in [-0.05, 0) is 49.7 Å². The summed E-state index contributed by atoms with van der Waals surface area (Å²) in [6.45, 7) is 4.90. The van der Waals surface area contributed by atoms with E-state index in [0.717, 1.165) is 16.5 Å². The van der Waals surface area contributed by atoms with Crippen molar-refractivity contribution >= 4 is 20.9 Å². The minimum Gasteiger partial charge on any atom is -0.360 e. The molecule has 4 rings (SSSR count). The molecule has 2 aromatic carbocycles. The number of hydrogen-bond acceptors (Lipinski definition) is 3. The number of sulfonamides is 1. The highest BCUT2D eigenvalue weighted by Gasteiger charge is 2.31. The van der Waals surface area contributed by atoms with E-state index < -0.39 is 10.0 Å². The zero-order valence-electron chi connectivity index (χ0n) is 15.2. The third-order valence-electron chi connectivity index (χ3n) is 4.97. The molecule has 1 aliphatic heterocycles. The van der Waals surface area contributed by atoms with Crippen molar-refractivity contribution in [3.8, 4) is 11.1 Å². The highest BCUT2D eigenvalue weighted by Crippen LogP contribution is 2.30. The summed E-state index contributed by atoms with van der Waals surface area (Å²) in [7, 11) is -3.53. The van der Waals surface area contributed by atoms with Crippen LogP contribution < -0.4 is 5.32 Å². The number of fused-ring (bicyclic) bond motifs is 1. The van der Waals surface area contributed by atoms with Crippen molar-refractivity contribution in [2.75, 3.05) is 13.1 Å². The van der Waals surface area contributed by atoms with Crippen LogP contribution in [0.15, 0.2) is 53.6 Å². The number of nitrogens with one attached hydrogen (secondary N) is 2. The van der Waals surface area contributed by atoms with Gasteiger partial charge in [0.05, 0.1) is 4.90 Å². The van der Waals surface area contributed by atoms with Crippen molar-refractivity contribution < 1.29 is 12.8 Å². The summed E-state index contributed by atoms with van der Waals surface area (Å²) in [6.07, 6.45) is 1.81. The van der Waals surface area contributed by atoms with Gasteiger partial charge in [0.15, 0.2) is 0 Å². The number of H-pyrrole nitrogens is 1. The second-order valence-electron chi connectivity index (χ2n) is 7.21. The summed E-state index contributed by atoms with van der Waals surface area (Å²) in [6, 6.07) is 11.7. The minimum absolute atomic E-state index is 0.120. The number of halogens is 1. The first kappa shape index (κ1) is 18.2. The molecule has 0 saturated carbocycles. The van der Waals surface area contributed by atoms with Crippen LogP contribution in [0.1, 0.15) is 13.8 Å². The Morgan fingerprint density at radius 3 is 2.37 bits per heavy atom. The van der Waals surface area contributed by atoms with Crippen LogP contribution in [0.2, 0.25) is 0 Å². The van der Waals surface area contributed by atoms with Crippen molar-refractivity contribution in [3.05, 3.63) is 54.5 Å². The fourth-order valence-electron chi connectivity index (χ4n) is 3.77. The fraction of sp³-hybridized carbons (Fsp3) is 0.300. The summed E-state index contributed by atoms with van der Waals surface area (Å²) in [5.74, 6) is -0.295. The second kappa shape index (κ2) is 6.74. The number of nitrogens with zero attached hydrogens (tertiary/aromatic N) is 1. The van der Waals surface area contributed by atoms with Crippen LogP contribution >= 0.6 is 0 Å². The predicted octanol–water partition coefficient (Wildman–Crippen LogP) is 3.34. The average Bonchev–Trinajstić information content (AvgIpc) is 3.04. The van der Waals surface area contributed by atoms with Gasteiger partial charge in [-0.2, -0.15) is 4.31 Å². The maximum atomic E-state index is 13.4. The van der Waals surface area contributed by atoms with Crippen LogP contribution in [0.4, 0.5) is 4.39 Å². The predicted molar refractivity (Wildman–Crippen MR) is 105 cm³/mol. The monoisotopic (exact) mass is 387 g/mol. The lowest BCUT2D eigenvalue weighted by atomic mass is 10.1. The molecule has 2 atom stereocenters. The van der Waals surface area contributed by atoms with Gasteiger partial charge in [0, 0.05) is 47.8 Å². The van der Waals surface area contributed by atoms with Crippen LogP contribution in [0.3, 0.4) is 0 Å². The SMILES string of the molecule is C[C@@H]1CN(S(=O)(=O)c2ccc(-c3c[nH]c4cc(F)ccc34)cc2)C[C@H](C)N1. The van der Waals surface area contributed by atoms with E-state index in [4.69, 9.17) is 0 Å². The van der Waals surface area contributed by atoms with Crippen LogP contribution in [0.25, 0.3) is 22.0 Å². The van der Waals surface area contributed by atoms with E-state index in [1.54, 1.807) is 34.6 Å². The Morgan fingerprint density at radius 2 is 1.70 bits per heavy atom. The van der Waals surface area contributed by atoms with Gasteiger partial charge in [-0.15, -0.1) is 0 Å². The molecule has 1 aliphatic rings. The van der Waals surface area contributed by atoms with Gasteiger partial charge in [0.2, 0.25) is 10.0 Å². The van der Waals surface area contributed by atoms with Gasteiger partial charge in [0.1, 0.15) is 5.82 Å². The molecule has 2 heterocycles. The Balaban J connectivity index is 1.65. The number of rotatable bonds is 3. The van der Waals surface area contributed by atoms with E-state index >= 15 is 0 Å². The molecule has 0 bridgehead atoms. The van der Waals surface area contributed by atoms with Gasteiger partial charge in [-0.1, -0.05) is 12.1 Å². The molecule has 0 spiro atoms. The highest BCUT2D eigenvalue weighted by atomic mass is 32.2. The Kier molecular flexibility index (Phi) is 4.53. The van der Waals surface area contributed by atoms with Crippen molar-refractivity contribution in [2.45, 2.75) is 30.8 Å². The van der Waals surface area contributed by atoms with E-state index in [2.05, 4.69) is 10.3 Å². The molecule has 142 valence electrons. The zero-order chi connectivity index (χ0) is 19.2. The average molecular weight is 387 g/mol. The molecular weight excluding hydrogens is 365 g/mol. The minimum atomic E-state index is -3.53. The molecule has 0 amide bonds. The number of aromatic amines is 1. The standard InChI is InChI=1S/C20H22FN3O2S/c1-13-11-24(12-14(2)23-13)27(25,26)17-6-3-15(4-7-17)19-10-22-20-9-16(21)5-8-18(19)20/h3-10,13-14,22-23H,11-12H2,1-2H3/t13-,14+. The Bertz CT molecular complexity index is 1070. The molecule has 1 fully saturated rings. The number of benzene rings is 2. The summed E-state index contributed by atoms with van der Waals surface area (Å²) in [5.41, 5.74) is 2.51. The van der Waals surface area contributed by atoms with E-state index in [0.29, 0.717) is 23.5 Å². The molecule has 2 N–H and O–H groups in total. The highest BCUT2D eigenvalue weighted by molar-refractivity contribution is 7.89. The van der Waals surface area contributed by atoms with Gasteiger partial charge in [-0.25, -0.2) is 12.8 Å². The number of hydrogen-bond donors (Lipinski definition) is 2. The van der Waals surface area contributed by atoms with Crippen molar-refractivity contribution in [1.82, 2.24) is 14.6 Å². The van der Waals surface area contributed by atoms with E-state index in [9.17, 15) is 12.8 Å². The lowest BCUT2D eigenvalue weighted by Crippen LogP contribution is -2.55. The number of piperazine rings is 1. The van der Waals surface area contributed by atoms with Gasteiger partial charge < -0.3 is 10.3 Å². The molecule has 1 saturated heterocycles. The fourth-order valence-corrected chi connectivity index (χ4v) is 5.38. The molecule has 27 heavy (non-hydrogen) atoms.